The Morgan fingerprint density at radius 1 is 1.47 bits per heavy atom. The van der Waals surface area contributed by atoms with Crippen molar-refractivity contribution in [3.05, 3.63) is 24.3 Å². The summed E-state index contributed by atoms with van der Waals surface area (Å²) in [6.45, 7) is 6.88. The molecule has 0 aliphatic rings. The van der Waals surface area contributed by atoms with Crippen LogP contribution in [0.5, 0.6) is 0 Å². The van der Waals surface area contributed by atoms with Crippen molar-refractivity contribution < 1.29 is 14.3 Å². The fraction of sp³-hybridized carbons (Fsp3) is 0.462. The maximum Gasteiger partial charge on any atom is 0.408 e. The van der Waals surface area contributed by atoms with Gasteiger partial charge in [-0.15, -0.1) is 0 Å². The first-order valence-electron chi connectivity index (χ1n) is 5.98. The molecule has 1 amide bonds. The van der Waals surface area contributed by atoms with Crippen molar-refractivity contribution in [2.24, 2.45) is 0 Å². The number of hydrogen-bond donors (Lipinski definition) is 2. The molecule has 1 aromatic rings. The number of alkyl carbamates (subject to hydrolysis) is 1. The summed E-state index contributed by atoms with van der Waals surface area (Å²) >= 11 is 0. The lowest BCUT2D eigenvalue weighted by Gasteiger charge is -2.21. The molecule has 0 unspecified atom stereocenters. The summed E-state index contributed by atoms with van der Waals surface area (Å²) in [5.41, 5.74) is 0.135. The smallest absolute Gasteiger partial charge is 0.408 e. The van der Waals surface area contributed by atoms with Crippen LogP contribution < -0.4 is 5.32 Å². The van der Waals surface area contributed by atoms with Gasteiger partial charge in [-0.1, -0.05) is 0 Å². The van der Waals surface area contributed by atoms with Gasteiger partial charge in [0, 0.05) is 0 Å². The van der Waals surface area contributed by atoms with E-state index in [1.54, 1.807) is 40.0 Å². The fourth-order valence-electron chi connectivity index (χ4n) is 1.23. The molecule has 1 atom stereocenters. The van der Waals surface area contributed by atoms with E-state index in [-0.39, 0.29) is 5.78 Å². The number of hydrogen-bond acceptors (Lipinski definition) is 4. The van der Waals surface area contributed by atoms with Gasteiger partial charge in [0.15, 0.2) is 5.78 Å². The maximum atomic E-state index is 11.7. The average Bonchev–Trinajstić information content (AvgIpc) is 2.75. The highest BCUT2D eigenvalue weighted by Gasteiger charge is 2.19. The van der Waals surface area contributed by atoms with Gasteiger partial charge in [-0.05, 0) is 39.8 Å². The third-order valence-electron chi connectivity index (χ3n) is 2.11. The van der Waals surface area contributed by atoms with Gasteiger partial charge in [0.05, 0.1) is 24.3 Å². The van der Waals surface area contributed by atoms with Crippen molar-refractivity contribution in [1.82, 2.24) is 15.3 Å². The lowest BCUT2D eigenvalue weighted by Crippen LogP contribution is -2.41. The van der Waals surface area contributed by atoms with Gasteiger partial charge in [0.25, 0.3) is 0 Å². The number of carbonyl (C=O) groups excluding carboxylic acids is 2. The quantitative estimate of drug-likeness (QED) is 0.814. The summed E-state index contributed by atoms with van der Waals surface area (Å²) in [7, 11) is 0. The molecule has 0 fully saturated rings. The summed E-state index contributed by atoms with van der Waals surface area (Å²) in [5, 5.41) is 2.48. The number of amides is 1. The van der Waals surface area contributed by atoms with E-state index in [1.807, 2.05) is 0 Å². The first-order valence-corrected chi connectivity index (χ1v) is 5.98. The number of nitrogens with one attached hydrogen (secondary N) is 2. The van der Waals surface area contributed by atoms with Crippen molar-refractivity contribution >= 4 is 18.0 Å². The van der Waals surface area contributed by atoms with Gasteiger partial charge in [-0.25, -0.2) is 9.78 Å². The Morgan fingerprint density at radius 2 is 2.16 bits per heavy atom. The topological polar surface area (TPSA) is 84.1 Å². The van der Waals surface area contributed by atoms with Crippen LogP contribution in [0.25, 0.3) is 6.08 Å². The second-order valence-electron chi connectivity index (χ2n) is 5.11. The average molecular weight is 265 g/mol. The number of imidazole rings is 1. The number of ketones is 1. The van der Waals surface area contributed by atoms with Crippen molar-refractivity contribution in [2.75, 3.05) is 0 Å². The van der Waals surface area contributed by atoms with Crippen LogP contribution in [0.15, 0.2) is 18.6 Å². The number of ether oxygens (including phenoxy) is 1. The summed E-state index contributed by atoms with van der Waals surface area (Å²) in [5.74, 6) is -0.222. The molecule has 1 heterocycles. The van der Waals surface area contributed by atoms with Crippen LogP contribution in [0.3, 0.4) is 0 Å². The SMILES string of the molecule is C[C@H](NC(=O)OC(C)(C)C)C(=O)/C=C/c1cnc[nH]1. The van der Waals surface area contributed by atoms with E-state index in [0.29, 0.717) is 0 Å². The molecule has 0 radical (unpaired) electrons. The van der Waals surface area contributed by atoms with E-state index in [9.17, 15) is 9.59 Å². The zero-order chi connectivity index (χ0) is 14.5. The molecular weight excluding hydrogens is 246 g/mol. The second-order valence-corrected chi connectivity index (χ2v) is 5.11. The van der Waals surface area contributed by atoms with Crippen LogP contribution in [-0.4, -0.2) is 33.5 Å². The molecule has 2 N–H and O–H groups in total. The molecule has 0 aliphatic heterocycles. The normalized spacial score (nSPS) is 13.3. The molecule has 0 saturated heterocycles. The second kappa shape index (κ2) is 6.17. The van der Waals surface area contributed by atoms with Crippen LogP contribution in [0, 0.1) is 0 Å². The van der Waals surface area contributed by atoms with Gasteiger partial charge in [0.2, 0.25) is 0 Å². The van der Waals surface area contributed by atoms with Gasteiger partial charge in [-0.2, -0.15) is 0 Å². The minimum Gasteiger partial charge on any atom is -0.444 e. The number of carbonyl (C=O) groups is 2. The van der Waals surface area contributed by atoms with Gasteiger partial charge in [-0.3, -0.25) is 4.79 Å². The van der Waals surface area contributed by atoms with Crippen molar-refractivity contribution in [3.8, 4) is 0 Å². The lowest BCUT2D eigenvalue weighted by molar-refractivity contribution is -0.116. The Kier molecular flexibility index (Phi) is 4.86. The predicted octanol–water partition coefficient (Wildman–Crippen LogP) is 1.91. The highest BCUT2D eigenvalue weighted by molar-refractivity contribution is 5.98. The molecule has 0 aromatic carbocycles. The van der Waals surface area contributed by atoms with E-state index in [4.69, 9.17) is 4.74 Å². The molecule has 0 bridgehead atoms. The molecule has 104 valence electrons. The standard InChI is InChI=1S/C13H19N3O3/c1-9(16-12(18)19-13(2,3)4)11(17)6-5-10-7-14-8-15-10/h5-9H,1-4H3,(H,14,15)(H,16,18)/b6-5+/t9-/m0/s1. The molecule has 0 spiro atoms. The van der Waals surface area contributed by atoms with Gasteiger partial charge < -0.3 is 15.0 Å². The minimum absolute atomic E-state index is 0.222. The Balaban J connectivity index is 2.47. The summed E-state index contributed by atoms with van der Waals surface area (Å²) in [6, 6.07) is -0.644. The molecule has 19 heavy (non-hydrogen) atoms. The Bertz CT molecular complexity index is 458. The van der Waals surface area contributed by atoms with E-state index in [2.05, 4.69) is 15.3 Å². The number of nitrogens with zero attached hydrogens (tertiary/aromatic N) is 1. The van der Waals surface area contributed by atoms with Gasteiger partial charge in [0.1, 0.15) is 5.60 Å². The first kappa shape index (κ1) is 14.9. The highest BCUT2D eigenvalue weighted by atomic mass is 16.6. The fourth-order valence-corrected chi connectivity index (χ4v) is 1.23. The first-order chi connectivity index (χ1) is 8.78. The monoisotopic (exact) mass is 265 g/mol. The summed E-state index contributed by atoms with van der Waals surface area (Å²) in [4.78, 5) is 29.9. The number of rotatable bonds is 4. The van der Waals surface area contributed by atoms with Crippen molar-refractivity contribution in [3.63, 3.8) is 0 Å². The molecule has 0 saturated carbocycles. The van der Waals surface area contributed by atoms with E-state index in [0.717, 1.165) is 5.69 Å². The van der Waals surface area contributed by atoms with Gasteiger partial charge >= 0.3 is 6.09 Å². The molecule has 1 aromatic heterocycles. The molecule has 0 aliphatic carbocycles. The Morgan fingerprint density at radius 3 is 2.68 bits per heavy atom. The van der Waals surface area contributed by atoms with Crippen LogP contribution in [0.1, 0.15) is 33.4 Å². The third-order valence-corrected chi connectivity index (χ3v) is 2.11. The molecule has 6 heteroatoms. The van der Waals surface area contributed by atoms with E-state index < -0.39 is 17.7 Å². The van der Waals surface area contributed by atoms with Crippen molar-refractivity contribution in [1.29, 1.82) is 0 Å². The highest BCUT2D eigenvalue weighted by Crippen LogP contribution is 2.07. The van der Waals surface area contributed by atoms with E-state index in [1.165, 1.54) is 12.4 Å². The van der Waals surface area contributed by atoms with Crippen molar-refractivity contribution in [2.45, 2.75) is 39.3 Å². The number of H-pyrrole nitrogens is 1. The zero-order valence-corrected chi connectivity index (χ0v) is 11.6. The Labute approximate surface area is 112 Å². The number of aromatic nitrogens is 2. The molecule has 6 nitrogen and oxygen atoms in total. The Hall–Kier alpha value is -2.11. The van der Waals surface area contributed by atoms with Crippen LogP contribution in [0.4, 0.5) is 4.79 Å². The van der Waals surface area contributed by atoms with Crippen LogP contribution >= 0.6 is 0 Å². The van der Waals surface area contributed by atoms with E-state index >= 15 is 0 Å². The lowest BCUT2D eigenvalue weighted by atomic mass is 10.2. The third kappa shape index (κ3) is 5.85. The minimum atomic E-state index is -0.644. The largest absolute Gasteiger partial charge is 0.444 e. The van der Waals surface area contributed by atoms with Crippen LogP contribution in [0.2, 0.25) is 0 Å². The predicted molar refractivity (Wildman–Crippen MR) is 71.5 cm³/mol. The zero-order valence-electron chi connectivity index (χ0n) is 11.6. The summed E-state index contributed by atoms with van der Waals surface area (Å²) in [6.07, 6.45) is 5.49. The summed E-state index contributed by atoms with van der Waals surface area (Å²) < 4.78 is 5.07. The molecule has 1 rings (SSSR count). The maximum absolute atomic E-state index is 11.7. The molecular formula is C13H19N3O3. The van der Waals surface area contributed by atoms with Crippen LogP contribution in [-0.2, 0) is 9.53 Å². The number of aromatic amines is 1.